The van der Waals surface area contributed by atoms with Crippen molar-refractivity contribution in [2.24, 2.45) is 0 Å². The van der Waals surface area contributed by atoms with Crippen molar-refractivity contribution in [2.45, 2.75) is 13.5 Å². The van der Waals surface area contributed by atoms with Gasteiger partial charge in [-0.15, -0.1) is 0 Å². The molecular weight excluding hydrogens is 278 g/mol. The molecule has 0 radical (unpaired) electrons. The molecule has 0 saturated heterocycles. The second-order valence-corrected chi connectivity index (χ2v) is 4.88. The molecule has 4 nitrogen and oxygen atoms in total. The van der Waals surface area contributed by atoms with Crippen LogP contribution in [0.25, 0.3) is 0 Å². The minimum Gasteiger partial charge on any atom is -0.493 e. The summed E-state index contributed by atoms with van der Waals surface area (Å²) in [7, 11) is 4.88. The molecule has 2 aromatic carbocycles. The van der Waals surface area contributed by atoms with Crippen molar-refractivity contribution in [3.05, 3.63) is 48.0 Å². The van der Waals surface area contributed by atoms with Gasteiger partial charge in [-0.3, -0.25) is 0 Å². The van der Waals surface area contributed by atoms with E-state index < -0.39 is 0 Å². The van der Waals surface area contributed by atoms with Gasteiger partial charge in [0.25, 0.3) is 0 Å². The zero-order chi connectivity index (χ0) is 15.9. The van der Waals surface area contributed by atoms with Gasteiger partial charge < -0.3 is 19.1 Å². The molecule has 0 amide bonds. The first-order valence-electron chi connectivity index (χ1n) is 7.32. The number of ether oxygens (including phenoxy) is 3. The minimum atomic E-state index is 0.615. The fraction of sp³-hybridized carbons (Fsp3) is 0.333. The molecule has 0 saturated carbocycles. The van der Waals surface area contributed by atoms with E-state index in [2.05, 4.69) is 36.1 Å². The monoisotopic (exact) mass is 301 g/mol. The van der Waals surface area contributed by atoms with E-state index in [4.69, 9.17) is 14.2 Å². The number of nitrogens with zero attached hydrogens (tertiary/aromatic N) is 1. The number of anilines is 1. The Morgan fingerprint density at radius 2 is 1.45 bits per heavy atom. The van der Waals surface area contributed by atoms with Crippen molar-refractivity contribution in [3.8, 4) is 17.2 Å². The van der Waals surface area contributed by atoms with Crippen LogP contribution in [0.1, 0.15) is 12.5 Å². The van der Waals surface area contributed by atoms with Crippen LogP contribution in [0.2, 0.25) is 0 Å². The van der Waals surface area contributed by atoms with Crippen LogP contribution < -0.4 is 19.1 Å². The maximum atomic E-state index is 5.43. The lowest BCUT2D eigenvalue weighted by Crippen LogP contribution is -2.22. The van der Waals surface area contributed by atoms with Crippen molar-refractivity contribution in [3.63, 3.8) is 0 Å². The number of hydrogen-bond acceptors (Lipinski definition) is 4. The first kappa shape index (κ1) is 16.0. The fourth-order valence-corrected chi connectivity index (χ4v) is 2.44. The minimum absolute atomic E-state index is 0.615. The Morgan fingerprint density at radius 3 is 1.91 bits per heavy atom. The van der Waals surface area contributed by atoms with E-state index in [9.17, 15) is 0 Å². The average Bonchev–Trinajstić information content (AvgIpc) is 2.59. The summed E-state index contributed by atoms with van der Waals surface area (Å²) >= 11 is 0. The molecule has 0 unspecified atom stereocenters. The van der Waals surface area contributed by atoms with Gasteiger partial charge in [-0.1, -0.05) is 30.3 Å². The van der Waals surface area contributed by atoms with Crippen molar-refractivity contribution in [2.75, 3.05) is 32.8 Å². The van der Waals surface area contributed by atoms with Crippen LogP contribution in [0.4, 0.5) is 5.69 Å². The van der Waals surface area contributed by atoms with Gasteiger partial charge in [0.05, 0.1) is 21.3 Å². The van der Waals surface area contributed by atoms with E-state index in [1.165, 1.54) is 5.56 Å². The van der Waals surface area contributed by atoms with E-state index in [0.29, 0.717) is 17.2 Å². The van der Waals surface area contributed by atoms with Gasteiger partial charge in [0, 0.05) is 30.9 Å². The number of rotatable bonds is 7. The second kappa shape index (κ2) is 7.59. The molecule has 0 atom stereocenters. The Kier molecular flexibility index (Phi) is 5.53. The van der Waals surface area contributed by atoms with Gasteiger partial charge in [-0.2, -0.15) is 0 Å². The highest BCUT2D eigenvalue weighted by molar-refractivity contribution is 5.63. The predicted molar refractivity (Wildman–Crippen MR) is 89.3 cm³/mol. The van der Waals surface area contributed by atoms with E-state index in [0.717, 1.165) is 18.8 Å². The van der Waals surface area contributed by atoms with Gasteiger partial charge in [0.15, 0.2) is 11.5 Å². The second-order valence-electron chi connectivity index (χ2n) is 4.88. The quantitative estimate of drug-likeness (QED) is 0.779. The molecule has 0 aliphatic carbocycles. The topological polar surface area (TPSA) is 30.9 Å². The van der Waals surface area contributed by atoms with Crippen LogP contribution in [0, 0.1) is 0 Å². The predicted octanol–water partition coefficient (Wildman–Crippen LogP) is 3.74. The molecule has 0 aromatic heterocycles. The third-order valence-electron chi connectivity index (χ3n) is 3.61. The first-order valence-corrected chi connectivity index (χ1v) is 7.32. The van der Waals surface area contributed by atoms with Crippen LogP contribution in [-0.2, 0) is 6.54 Å². The van der Waals surface area contributed by atoms with Gasteiger partial charge >= 0.3 is 0 Å². The summed E-state index contributed by atoms with van der Waals surface area (Å²) in [6.45, 7) is 3.84. The smallest absolute Gasteiger partial charge is 0.203 e. The van der Waals surface area contributed by atoms with Crippen LogP contribution in [0.15, 0.2) is 42.5 Å². The Balaban J connectivity index is 2.36. The largest absolute Gasteiger partial charge is 0.493 e. The highest BCUT2D eigenvalue weighted by Gasteiger charge is 2.16. The van der Waals surface area contributed by atoms with E-state index in [-0.39, 0.29) is 0 Å². The lowest BCUT2D eigenvalue weighted by atomic mass is 10.2. The molecular formula is C18H23NO3. The molecule has 2 aromatic rings. The SMILES string of the molecule is CCN(Cc1ccccc1)c1cc(OC)c(OC)c(OC)c1. The summed E-state index contributed by atoms with van der Waals surface area (Å²) in [6, 6.07) is 14.3. The van der Waals surface area contributed by atoms with Crippen LogP contribution in [-0.4, -0.2) is 27.9 Å². The molecule has 0 aliphatic heterocycles. The third kappa shape index (κ3) is 3.45. The van der Waals surface area contributed by atoms with Crippen LogP contribution in [0.5, 0.6) is 17.2 Å². The molecule has 0 spiro atoms. The van der Waals surface area contributed by atoms with Crippen molar-refractivity contribution >= 4 is 5.69 Å². The zero-order valence-corrected chi connectivity index (χ0v) is 13.6. The van der Waals surface area contributed by atoms with Gasteiger partial charge in [0.1, 0.15) is 0 Å². The lowest BCUT2D eigenvalue weighted by molar-refractivity contribution is 0.324. The van der Waals surface area contributed by atoms with Crippen molar-refractivity contribution in [1.82, 2.24) is 0 Å². The molecule has 0 fully saturated rings. The highest BCUT2D eigenvalue weighted by atomic mass is 16.5. The summed E-state index contributed by atoms with van der Waals surface area (Å²) < 4.78 is 16.2. The molecule has 0 N–H and O–H groups in total. The van der Waals surface area contributed by atoms with Gasteiger partial charge in [-0.25, -0.2) is 0 Å². The Morgan fingerprint density at radius 1 is 0.864 bits per heavy atom. The number of hydrogen-bond donors (Lipinski definition) is 0. The molecule has 2 rings (SSSR count). The fourth-order valence-electron chi connectivity index (χ4n) is 2.44. The maximum Gasteiger partial charge on any atom is 0.203 e. The average molecular weight is 301 g/mol. The summed E-state index contributed by atoms with van der Waals surface area (Å²) in [5.74, 6) is 1.95. The van der Waals surface area contributed by atoms with Gasteiger partial charge in [-0.05, 0) is 12.5 Å². The molecule has 118 valence electrons. The summed E-state index contributed by atoms with van der Waals surface area (Å²) in [4.78, 5) is 2.26. The zero-order valence-electron chi connectivity index (χ0n) is 13.6. The standard InChI is InChI=1S/C18H23NO3/c1-5-19(13-14-9-7-6-8-10-14)15-11-16(20-2)18(22-4)17(12-15)21-3/h6-12H,5,13H2,1-4H3. The molecule has 0 heterocycles. The highest BCUT2D eigenvalue weighted by Crippen LogP contribution is 2.41. The maximum absolute atomic E-state index is 5.43. The van der Waals surface area contributed by atoms with Crippen molar-refractivity contribution < 1.29 is 14.2 Å². The normalized spacial score (nSPS) is 10.2. The Labute approximate surface area is 132 Å². The van der Waals surface area contributed by atoms with Gasteiger partial charge in [0.2, 0.25) is 5.75 Å². The number of methoxy groups -OCH3 is 3. The van der Waals surface area contributed by atoms with Crippen LogP contribution in [0.3, 0.4) is 0 Å². The van der Waals surface area contributed by atoms with Crippen LogP contribution >= 0.6 is 0 Å². The van der Waals surface area contributed by atoms with E-state index in [1.54, 1.807) is 21.3 Å². The van der Waals surface area contributed by atoms with E-state index in [1.807, 2.05) is 18.2 Å². The Bertz CT molecular complexity index is 574. The molecule has 22 heavy (non-hydrogen) atoms. The van der Waals surface area contributed by atoms with Crippen molar-refractivity contribution in [1.29, 1.82) is 0 Å². The summed E-state index contributed by atoms with van der Waals surface area (Å²) in [6.07, 6.45) is 0. The molecule has 0 bridgehead atoms. The summed E-state index contributed by atoms with van der Waals surface area (Å²) in [5, 5.41) is 0. The Hall–Kier alpha value is -2.36. The number of benzene rings is 2. The van der Waals surface area contributed by atoms with E-state index >= 15 is 0 Å². The molecule has 4 heteroatoms. The summed E-state index contributed by atoms with van der Waals surface area (Å²) in [5.41, 5.74) is 2.30. The first-order chi connectivity index (χ1) is 10.7. The molecule has 0 aliphatic rings. The third-order valence-corrected chi connectivity index (χ3v) is 3.61. The lowest BCUT2D eigenvalue weighted by Gasteiger charge is -2.25.